The van der Waals surface area contributed by atoms with Crippen molar-refractivity contribution in [1.82, 2.24) is 25.9 Å². The van der Waals surface area contributed by atoms with Gasteiger partial charge in [-0.05, 0) is 82.2 Å². The van der Waals surface area contributed by atoms with Crippen LogP contribution in [0.1, 0.15) is 117 Å². The first kappa shape index (κ1) is 50.2. The molecule has 3 aromatic carbocycles. The molecule has 3 aliphatic carbocycles. The standard InChI is InChI=1S/C26H26N4O2.C18H20N2O2.C8H15NO.BrH/c27-17-20(16-18-8-2-1-3-9-18)28-25(31)21-11-5-7-13-23(21)30-26(32)24-15-14-19-10-4-6-12-22(19)29-24;1-12(21)14-7-3-5-9-16(14)20-18(22)17-11-10-13-6-2-4-8-15(13)19-17;1-6(10)7-4-2-3-5-8(7)9;/h1-4,6,8-10,12,14-15,20-21,23H,5,7,11,13,16H2,(H,28,31)(H,30,32);2,4,6,8,10-11,14,16H,3,5,7,9H2,1H3,(H,20,22);7-8H,2-5,9H2,1H3;1H/t20-,21+,23-;14-,16-;7-,8-;/m000./s1. The van der Waals surface area contributed by atoms with E-state index in [1.165, 1.54) is 12.8 Å². The lowest BCUT2D eigenvalue weighted by atomic mass is 9.82. The molecule has 0 bridgehead atoms. The Labute approximate surface area is 392 Å². The van der Waals surface area contributed by atoms with Crippen molar-refractivity contribution in [3.8, 4) is 6.07 Å². The number of benzene rings is 3. The summed E-state index contributed by atoms with van der Waals surface area (Å²) < 4.78 is 0. The van der Waals surface area contributed by atoms with E-state index < -0.39 is 6.04 Å². The van der Waals surface area contributed by atoms with Gasteiger partial charge in [-0.25, -0.2) is 9.97 Å². The SMILES string of the molecule is Br.CC(=O)[C@@H]1CCCC[C@@H]1N.CC(=O)[C@@H]1CCCC[C@@H]1NC(=O)c1ccc2ccccc2n1.N#C[C@H](Cc1ccccc1)NC(=O)[C@@H]1CCCC[C@@H]1NC(=O)c1ccc2ccccc2n1. The highest BCUT2D eigenvalue weighted by atomic mass is 79.9. The summed E-state index contributed by atoms with van der Waals surface area (Å²) in [5.74, 6) is -0.468. The van der Waals surface area contributed by atoms with Gasteiger partial charge in [0.05, 0.1) is 23.0 Å². The van der Waals surface area contributed by atoms with Crippen LogP contribution in [0.3, 0.4) is 0 Å². The Kier molecular flexibility index (Phi) is 19.3. The zero-order valence-corrected chi connectivity index (χ0v) is 39.1. The van der Waals surface area contributed by atoms with Crippen molar-refractivity contribution in [2.24, 2.45) is 23.5 Å². The lowest BCUT2D eigenvalue weighted by molar-refractivity contribution is -0.127. The quantitative estimate of drug-likeness (QED) is 0.106. The molecule has 65 heavy (non-hydrogen) atoms. The maximum Gasteiger partial charge on any atom is 0.270 e. The minimum absolute atomic E-state index is 0. The van der Waals surface area contributed by atoms with Gasteiger partial charge < -0.3 is 21.7 Å². The van der Waals surface area contributed by atoms with Gasteiger partial charge in [-0.15, -0.1) is 17.0 Å². The molecule has 2 heterocycles. The summed E-state index contributed by atoms with van der Waals surface area (Å²) in [6.45, 7) is 3.26. The molecule has 3 fully saturated rings. The molecule has 3 amide bonds. The zero-order chi connectivity index (χ0) is 45.4. The molecule has 0 aliphatic heterocycles. The Hall–Kier alpha value is -5.84. The van der Waals surface area contributed by atoms with Crippen molar-refractivity contribution in [1.29, 1.82) is 5.26 Å². The second-order valence-corrected chi connectivity index (χ2v) is 17.4. The fraction of sp³-hybridized carbons (Fsp3) is 0.423. The molecule has 5 N–H and O–H groups in total. The van der Waals surface area contributed by atoms with Crippen LogP contribution in [-0.4, -0.2) is 63.4 Å². The average Bonchev–Trinajstić information content (AvgIpc) is 3.32. The fourth-order valence-electron chi connectivity index (χ4n) is 9.20. The molecule has 0 radical (unpaired) electrons. The van der Waals surface area contributed by atoms with E-state index in [0.717, 1.165) is 85.2 Å². The van der Waals surface area contributed by atoms with Gasteiger partial charge in [-0.3, -0.25) is 24.0 Å². The summed E-state index contributed by atoms with van der Waals surface area (Å²) >= 11 is 0. The molecule has 0 saturated heterocycles. The summed E-state index contributed by atoms with van der Waals surface area (Å²) in [5, 5.41) is 20.4. The number of hydrogen-bond acceptors (Lipinski definition) is 9. The molecule has 3 saturated carbocycles. The first-order valence-electron chi connectivity index (χ1n) is 22.8. The van der Waals surface area contributed by atoms with Crippen molar-refractivity contribution >= 4 is 68.1 Å². The number of Topliss-reactive ketones (excluding diaryl/α,β-unsaturated/α-hetero) is 2. The topological polar surface area (TPSA) is 197 Å². The molecule has 342 valence electrons. The summed E-state index contributed by atoms with van der Waals surface area (Å²) in [7, 11) is 0. The third kappa shape index (κ3) is 14.3. The number of nitrogens with two attached hydrogens (primary N) is 1. The molecule has 12 nitrogen and oxygen atoms in total. The van der Waals surface area contributed by atoms with E-state index in [2.05, 4.69) is 32.0 Å². The number of carbonyl (C=O) groups is 5. The highest BCUT2D eigenvalue weighted by Gasteiger charge is 2.34. The smallest absolute Gasteiger partial charge is 0.270 e. The Morgan fingerprint density at radius 3 is 1.54 bits per heavy atom. The molecule has 2 aromatic heterocycles. The number of nitriles is 1. The van der Waals surface area contributed by atoms with Gasteiger partial charge in [-0.1, -0.05) is 117 Å². The Bertz CT molecular complexity index is 2440. The highest BCUT2D eigenvalue weighted by molar-refractivity contribution is 8.93. The van der Waals surface area contributed by atoms with Gasteiger partial charge >= 0.3 is 0 Å². The van der Waals surface area contributed by atoms with E-state index in [9.17, 15) is 29.2 Å². The molecule has 3 aliphatic rings. The van der Waals surface area contributed by atoms with Crippen molar-refractivity contribution in [2.75, 3.05) is 0 Å². The zero-order valence-electron chi connectivity index (χ0n) is 37.4. The minimum atomic E-state index is -0.606. The summed E-state index contributed by atoms with van der Waals surface area (Å²) in [6.07, 6.45) is 12.0. The monoisotopic (exact) mass is 943 g/mol. The van der Waals surface area contributed by atoms with Gasteiger partial charge in [0.25, 0.3) is 11.8 Å². The van der Waals surface area contributed by atoms with E-state index in [-0.39, 0.29) is 82.1 Å². The van der Waals surface area contributed by atoms with Gasteiger partial charge in [-0.2, -0.15) is 5.26 Å². The summed E-state index contributed by atoms with van der Waals surface area (Å²) in [4.78, 5) is 69.9. The molecule has 7 atom stereocenters. The Balaban J connectivity index is 0.000000207. The third-order valence-corrected chi connectivity index (χ3v) is 12.8. The molecule has 0 spiro atoms. The number of nitrogens with zero attached hydrogens (tertiary/aromatic N) is 3. The number of hydrogen-bond donors (Lipinski definition) is 4. The second-order valence-electron chi connectivity index (χ2n) is 17.4. The highest BCUT2D eigenvalue weighted by Crippen LogP contribution is 2.27. The lowest BCUT2D eigenvalue weighted by Gasteiger charge is -2.31. The lowest BCUT2D eigenvalue weighted by Crippen LogP contribution is -2.50. The van der Waals surface area contributed by atoms with Crippen LogP contribution in [0.5, 0.6) is 0 Å². The van der Waals surface area contributed by atoms with E-state index in [1.807, 2.05) is 91.0 Å². The van der Waals surface area contributed by atoms with Gasteiger partial charge in [0.2, 0.25) is 5.91 Å². The Morgan fingerprint density at radius 2 is 1.05 bits per heavy atom. The molecular formula is C52H62BrN7O5. The number of rotatable bonds is 10. The molecule has 0 unspecified atom stereocenters. The number of pyridine rings is 2. The Morgan fingerprint density at radius 1 is 0.600 bits per heavy atom. The minimum Gasteiger partial charge on any atom is -0.347 e. The van der Waals surface area contributed by atoms with Gasteiger partial charge in [0.1, 0.15) is 29.0 Å². The number of halogens is 1. The first-order chi connectivity index (χ1) is 31.0. The van der Waals surface area contributed by atoms with Gasteiger partial charge in [0, 0.05) is 47.2 Å². The number of para-hydroxylation sites is 2. The number of nitrogens with one attached hydrogen (secondary N) is 3. The van der Waals surface area contributed by atoms with Crippen LogP contribution in [0.4, 0.5) is 0 Å². The normalized spacial score (nSPS) is 21.8. The van der Waals surface area contributed by atoms with Crippen LogP contribution >= 0.6 is 17.0 Å². The van der Waals surface area contributed by atoms with Crippen molar-refractivity contribution in [2.45, 2.75) is 121 Å². The predicted octanol–water partition coefficient (Wildman–Crippen LogP) is 8.56. The van der Waals surface area contributed by atoms with Gasteiger partial charge in [0.15, 0.2) is 0 Å². The summed E-state index contributed by atoms with van der Waals surface area (Å²) in [6, 6.07) is 33.6. The number of amides is 3. The molecule has 13 heteroatoms. The van der Waals surface area contributed by atoms with Crippen LogP contribution in [0, 0.1) is 29.1 Å². The maximum atomic E-state index is 13.0. The summed E-state index contributed by atoms with van der Waals surface area (Å²) in [5.41, 5.74) is 9.07. The van der Waals surface area contributed by atoms with E-state index in [4.69, 9.17) is 5.73 Å². The molecular weight excluding hydrogens is 883 g/mol. The van der Waals surface area contributed by atoms with E-state index in [1.54, 1.807) is 26.0 Å². The van der Waals surface area contributed by atoms with Crippen molar-refractivity contribution in [3.63, 3.8) is 0 Å². The fourth-order valence-corrected chi connectivity index (χ4v) is 9.20. The van der Waals surface area contributed by atoms with Crippen molar-refractivity contribution in [3.05, 3.63) is 120 Å². The van der Waals surface area contributed by atoms with E-state index >= 15 is 0 Å². The van der Waals surface area contributed by atoms with Crippen LogP contribution in [0.2, 0.25) is 0 Å². The number of aromatic nitrogens is 2. The number of fused-ring (bicyclic) bond motifs is 2. The van der Waals surface area contributed by atoms with E-state index in [0.29, 0.717) is 24.2 Å². The molecule has 5 aromatic rings. The van der Waals surface area contributed by atoms with Crippen LogP contribution in [0.25, 0.3) is 21.8 Å². The maximum absolute atomic E-state index is 13.0. The largest absolute Gasteiger partial charge is 0.347 e. The number of carbonyl (C=O) groups excluding carboxylic acids is 5. The number of ketones is 2. The predicted molar refractivity (Wildman–Crippen MR) is 259 cm³/mol. The second kappa shape index (κ2) is 25.0. The van der Waals surface area contributed by atoms with Crippen LogP contribution in [-0.2, 0) is 20.8 Å². The van der Waals surface area contributed by atoms with Crippen molar-refractivity contribution < 1.29 is 24.0 Å². The average molecular weight is 945 g/mol. The third-order valence-electron chi connectivity index (χ3n) is 12.8. The van der Waals surface area contributed by atoms with Crippen LogP contribution in [0.15, 0.2) is 103 Å². The molecule has 8 rings (SSSR count). The first-order valence-corrected chi connectivity index (χ1v) is 22.8. The van der Waals surface area contributed by atoms with Crippen LogP contribution < -0.4 is 21.7 Å².